The smallest absolute Gasteiger partial charge is 0.191 e. The first-order valence-electron chi connectivity index (χ1n) is 7.61. The monoisotopic (exact) mass is 296 g/mol. The average molecular weight is 296 g/mol. The van der Waals surface area contributed by atoms with Crippen LogP contribution >= 0.6 is 0 Å². The van der Waals surface area contributed by atoms with Crippen molar-refractivity contribution >= 4 is 5.96 Å². The Morgan fingerprint density at radius 2 is 2.29 bits per heavy atom. The van der Waals surface area contributed by atoms with Gasteiger partial charge in [0.05, 0.1) is 13.2 Å². The highest BCUT2D eigenvalue weighted by atomic mass is 16.5. The van der Waals surface area contributed by atoms with Gasteiger partial charge < -0.3 is 19.9 Å². The number of ether oxygens (including phenoxy) is 1. The van der Waals surface area contributed by atoms with Gasteiger partial charge in [0.2, 0.25) is 0 Å². The lowest BCUT2D eigenvalue weighted by molar-refractivity contribution is 0.208. The van der Waals surface area contributed by atoms with Crippen molar-refractivity contribution in [3.8, 4) is 0 Å². The number of rotatable bonds is 9. The number of aliphatic imine (C=N–C) groups is 1. The summed E-state index contributed by atoms with van der Waals surface area (Å²) in [5.41, 5.74) is 0. The number of aryl methyl sites for hydroxylation is 1. The first-order chi connectivity index (χ1) is 10.2. The Labute approximate surface area is 127 Å². The molecule has 0 spiro atoms. The standard InChI is InChI=1S/C14H28N6O/c1-5-12(3)18-14(16-8-10-21-4)15-7-9-20-11-17-19-13(20)6-2/h11-12H,5-10H2,1-4H3,(H2,15,16,18). The fourth-order valence-corrected chi connectivity index (χ4v) is 1.77. The molecule has 7 heteroatoms. The lowest BCUT2D eigenvalue weighted by atomic mass is 10.3. The van der Waals surface area contributed by atoms with Gasteiger partial charge in [-0.25, -0.2) is 0 Å². The summed E-state index contributed by atoms with van der Waals surface area (Å²) in [5, 5.41) is 14.7. The molecular formula is C14H28N6O. The van der Waals surface area contributed by atoms with Gasteiger partial charge in [-0.3, -0.25) is 4.99 Å². The fraction of sp³-hybridized carbons (Fsp3) is 0.786. The van der Waals surface area contributed by atoms with Crippen LogP contribution < -0.4 is 10.6 Å². The molecule has 120 valence electrons. The third-order valence-electron chi connectivity index (χ3n) is 3.22. The van der Waals surface area contributed by atoms with Crippen LogP contribution in [0.5, 0.6) is 0 Å². The number of methoxy groups -OCH3 is 1. The molecule has 1 aromatic heterocycles. The summed E-state index contributed by atoms with van der Waals surface area (Å²) in [7, 11) is 1.68. The van der Waals surface area contributed by atoms with Crippen LogP contribution in [0.25, 0.3) is 0 Å². The number of aromatic nitrogens is 3. The molecule has 0 amide bonds. The Morgan fingerprint density at radius 1 is 1.48 bits per heavy atom. The van der Waals surface area contributed by atoms with E-state index in [2.05, 4.69) is 51.2 Å². The molecule has 2 N–H and O–H groups in total. The maximum atomic E-state index is 5.03. The van der Waals surface area contributed by atoms with E-state index in [4.69, 9.17) is 4.74 Å². The van der Waals surface area contributed by atoms with Gasteiger partial charge in [0, 0.05) is 32.7 Å². The third kappa shape index (κ3) is 6.57. The molecule has 7 nitrogen and oxygen atoms in total. The van der Waals surface area contributed by atoms with Gasteiger partial charge in [0.15, 0.2) is 5.96 Å². The minimum absolute atomic E-state index is 0.389. The second-order valence-corrected chi connectivity index (χ2v) is 4.90. The van der Waals surface area contributed by atoms with Crippen molar-refractivity contribution in [2.24, 2.45) is 4.99 Å². The Kier molecular flexibility index (Phi) is 8.42. The number of nitrogens with one attached hydrogen (secondary N) is 2. The van der Waals surface area contributed by atoms with Crippen LogP contribution in [0.15, 0.2) is 11.3 Å². The van der Waals surface area contributed by atoms with Crippen LogP contribution in [-0.2, 0) is 17.7 Å². The maximum absolute atomic E-state index is 5.03. The van der Waals surface area contributed by atoms with Crippen molar-refractivity contribution in [1.29, 1.82) is 0 Å². The van der Waals surface area contributed by atoms with E-state index in [-0.39, 0.29) is 0 Å². The summed E-state index contributed by atoms with van der Waals surface area (Å²) in [6.45, 7) is 9.24. The van der Waals surface area contributed by atoms with Gasteiger partial charge in [-0.1, -0.05) is 13.8 Å². The highest BCUT2D eigenvalue weighted by Gasteiger charge is 2.04. The molecule has 0 aromatic carbocycles. The molecule has 1 rings (SSSR count). The highest BCUT2D eigenvalue weighted by Crippen LogP contribution is 1.95. The summed E-state index contributed by atoms with van der Waals surface area (Å²) >= 11 is 0. The molecule has 0 saturated carbocycles. The molecule has 0 radical (unpaired) electrons. The van der Waals surface area contributed by atoms with Crippen LogP contribution in [-0.4, -0.2) is 53.6 Å². The minimum Gasteiger partial charge on any atom is -0.383 e. The molecule has 1 heterocycles. The molecular weight excluding hydrogens is 268 g/mol. The molecule has 1 unspecified atom stereocenters. The lowest BCUT2D eigenvalue weighted by Crippen LogP contribution is -2.43. The molecule has 0 fully saturated rings. The van der Waals surface area contributed by atoms with E-state index in [9.17, 15) is 0 Å². The van der Waals surface area contributed by atoms with Crippen LogP contribution in [0.1, 0.15) is 33.0 Å². The van der Waals surface area contributed by atoms with Gasteiger partial charge in [0.25, 0.3) is 0 Å². The van der Waals surface area contributed by atoms with Crippen molar-refractivity contribution in [1.82, 2.24) is 25.4 Å². The SMILES string of the molecule is CCc1nncn1CCNC(=NCCOC)NC(C)CC. The summed E-state index contributed by atoms with van der Waals surface area (Å²) in [5.74, 6) is 1.83. The van der Waals surface area contributed by atoms with Crippen LogP contribution in [0.2, 0.25) is 0 Å². The first kappa shape index (κ1) is 17.4. The summed E-state index contributed by atoms with van der Waals surface area (Å²) in [4.78, 5) is 4.49. The molecule has 0 bridgehead atoms. The van der Waals surface area contributed by atoms with Crippen molar-refractivity contribution in [3.05, 3.63) is 12.2 Å². The van der Waals surface area contributed by atoms with Gasteiger partial charge in [0.1, 0.15) is 12.2 Å². The quantitative estimate of drug-likeness (QED) is 0.401. The van der Waals surface area contributed by atoms with Gasteiger partial charge in [-0.05, 0) is 13.3 Å². The topological polar surface area (TPSA) is 76.4 Å². The maximum Gasteiger partial charge on any atom is 0.191 e. The van der Waals surface area contributed by atoms with Crippen molar-refractivity contribution in [3.63, 3.8) is 0 Å². The Bertz CT molecular complexity index is 417. The zero-order valence-corrected chi connectivity index (χ0v) is 13.6. The summed E-state index contributed by atoms with van der Waals surface area (Å²) in [6.07, 6.45) is 3.71. The molecule has 0 aliphatic carbocycles. The van der Waals surface area contributed by atoms with Crippen molar-refractivity contribution < 1.29 is 4.74 Å². The number of hydrogen-bond donors (Lipinski definition) is 2. The van der Waals surface area contributed by atoms with Crippen molar-refractivity contribution in [2.45, 2.75) is 46.2 Å². The second kappa shape index (κ2) is 10.1. The number of nitrogens with zero attached hydrogens (tertiary/aromatic N) is 4. The van der Waals surface area contributed by atoms with Gasteiger partial charge in [-0.15, -0.1) is 10.2 Å². The van der Waals surface area contributed by atoms with E-state index in [1.807, 2.05) is 0 Å². The molecule has 21 heavy (non-hydrogen) atoms. The van der Waals surface area contributed by atoms with E-state index in [1.54, 1.807) is 13.4 Å². The third-order valence-corrected chi connectivity index (χ3v) is 3.22. The van der Waals surface area contributed by atoms with Crippen LogP contribution in [0.4, 0.5) is 0 Å². The largest absolute Gasteiger partial charge is 0.383 e. The van der Waals surface area contributed by atoms with Gasteiger partial charge in [-0.2, -0.15) is 0 Å². The highest BCUT2D eigenvalue weighted by molar-refractivity contribution is 5.80. The Balaban J connectivity index is 2.46. The molecule has 0 saturated heterocycles. The number of guanidine groups is 1. The normalized spacial score (nSPS) is 13.2. The van der Waals surface area contributed by atoms with Crippen molar-refractivity contribution in [2.75, 3.05) is 26.8 Å². The lowest BCUT2D eigenvalue weighted by Gasteiger charge is -2.17. The zero-order chi connectivity index (χ0) is 15.5. The predicted molar refractivity (Wildman–Crippen MR) is 84.5 cm³/mol. The average Bonchev–Trinajstić information content (AvgIpc) is 2.94. The van der Waals surface area contributed by atoms with Crippen LogP contribution in [0.3, 0.4) is 0 Å². The molecule has 1 aromatic rings. The summed E-state index contributed by atoms with van der Waals surface area (Å²) < 4.78 is 7.09. The van der Waals surface area contributed by atoms with E-state index in [0.29, 0.717) is 19.2 Å². The van der Waals surface area contributed by atoms with E-state index in [1.165, 1.54) is 0 Å². The van der Waals surface area contributed by atoms with Gasteiger partial charge >= 0.3 is 0 Å². The van der Waals surface area contributed by atoms with E-state index >= 15 is 0 Å². The Morgan fingerprint density at radius 3 is 2.95 bits per heavy atom. The zero-order valence-electron chi connectivity index (χ0n) is 13.6. The Hall–Kier alpha value is -1.63. The predicted octanol–water partition coefficient (Wildman–Crippen LogP) is 0.821. The molecule has 1 atom stereocenters. The van der Waals surface area contributed by atoms with E-state index < -0.39 is 0 Å². The minimum atomic E-state index is 0.389. The van der Waals surface area contributed by atoms with E-state index in [0.717, 1.165) is 37.7 Å². The summed E-state index contributed by atoms with van der Waals surface area (Å²) in [6, 6.07) is 0.389. The number of hydrogen-bond acceptors (Lipinski definition) is 4. The van der Waals surface area contributed by atoms with Crippen LogP contribution in [0, 0.1) is 0 Å². The second-order valence-electron chi connectivity index (χ2n) is 4.90. The fourth-order valence-electron chi connectivity index (χ4n) is 1.77. The first-order valence-corrected chi connectivity index (χ1v) is 7.61. The molecule has 0 aliphatic rings. The molecule has 0 aliphatic heterocycles.